The average molecular weight is 340 g/mol. The van der Waals surface area contributed by atoms with Crippen LogP contribution in [0.2, 0.25) is 0 Å². The molecule has 0 aliphatic heterocycles. The molecule has 2 N–H and O–H groups in total. The highest BCUT2D eigenvalue weighted by Crippen LogP contribution is 2.28. The maximum absolute atomic E-state index is 11.5. The molecular formula is C15H20N2O7. The number of carboxylic acid groups (broad SMARTS) is 1. The fraction of sp³-hybridized carbons (Fsp3) is 0.467. The molecule has 0 heterocycles. The van der Waals surface area contributed by atoms with Crippen molar-refractivity contribution in [3.8, 4) is 5.75 Å². The molecule has 0 bridgehead atoms. The number of carbonyl (C=O) groups excluding carboxylic acids is 1. The van der Waals surface area contributed by atoms with Crippen LogP contribution in [0.1, 0.15) is 36.7 Å². The van der Waals surface area contributed by atoms with E-state index in [-0.39, 0.29) is 35.7 Å². The number of aryl methyl sites for hydroxylation is 1. The number of nitro groups is 1. The lowest BCUT2D eigenvalue weighted by Crippen LogP contribution is -2.34. The maximum Gasteiger partial charge on any atom is 0.407 e. The lowest BCUT2D eigenvalue weighted by Gasteiger charge is -2.19. The number of hydrogen-bond donors (Lipinski definition) is 2. The van der Waals surface area contributed by atoms with Crippen LogP contribution in [0.3, 0.4) is 0 Å². The molecule has 1 amide bonds. The van der Waals surface area contributed by atoms with E-state index in [0.717, 1.165) is 6.07 Å². The minimum atomic E-state index is -1.26. The number of hydrogen-bond acceptors (Lipinski definition) is 6. The summed E-state index contributed by atoms with van der Waals surface area (Å²) in [5.74, 6) is -1.39. The van der Waals surface area contributed by atoms with Gasteiger partial charge in [-0.3, -0.25) is 10.1 Å². The van der Waals surface area contributed by atoms with E-state index in [9.17, 15) is 19.7 Å². The van der Waals surface area contributed by atoms with Gasteiger partial charge in [-0.05, 0) is 33.8 Å². The normalized spacial score (nSPS) is 10.8. The molecular weight excluding hydrogens is 320 g/mol. The number of ether oxygens (including phenoxy) is 2. The lowest BCUT2D eigenvalue weighted by molar-refractivity contribution is -0.385. The molecule has 9 nitrogen and oxygen atoms in total. The van der Waals surface area contributed by atoms with Crippen LogP contribution < -0.4 is 10.1 Å². The Morgan fingerprint density at radius 1 is 1.33 bits per heavy atom. The predicted octanol–water partition coefficient (Wildman–Crippen LogP) is 2.50. The molecule has 0 atom stereocenters. The Hall–Kier alpha value is -2.84. The van der Waals surface area contributed by atoms with E-state index in [1.165, 1.54) is 13.0 Å². The van der Waals surface area contributed by atoms with Crippen molar-refractivity contribution in [2.75, 3.05) is 13.2 Å². The van der Waals surface area contributed by atoms with Crippen LogP contribution in [0.25, 0.3) is 0 Å². The van der Waals surface area contributed by atoms with E-state index < -0.39 is 22.6 Å². The molecule has 1 aromatic rings. The summed E-state index contributed by atoms with van der Waals surface area (Å²) < 4.78 is 10.3. The number of nitro benzene ring substituents is 1. The minimum Gasteiger partial charge on any atom is -0.491 e. The molecule has 0 fully saturated rings. The Morgan fingerprint density at radius 2 is 1.96 bits per heavy atom. The standard InChI is InChI=1S/C15H20N2O7/c1-9-7-10(13(18)19)12(8-11(9)17(21)22)23-6-5-16-14(20)24-15(2,3)4/h7-8H,5-6H2,1-4H3,(H,16,20)(H,18,19). The number of nitrogens with zero attached hydrogens (tertiary/aromatic N) is 1. The van der Waals surface area contributed by atoms with Gasteiger partial charge in [-0.25, -0.2) is 9.59 Å². The van der Waals surface area contributed by atoms with Gasteiger partial charge in [0.15, 0.2) is 0 Å². The Kier molecular flexibility index (Phi) is 6.10. The zero-order valence-electron chi connectivity index (χ0n) is 13.9. The van der Waals surface area contributed by atoms with Gasteiger partial charge in [-0.15, -0.1) is 0 Å². The summed E-state index contributed by atoms with van der Waals surface area (Å²) in [4.78, 5) is 33.0. The topological polar surface area (TPSA) is 128 Å². The van der Waals surface area contributed by atoms with Gasteiger partial charge in [0.25, 0.3) is 5.69 Å². The van der Waals surface area contributed by atoms with Gasteiger partial charge >= 0.3 is 12.1 Å². The minimum absolute atomic E-state index is 0.0512. The van der Waals surface area contributed by atoms with Gasteiger partial charge in [0.05, 0.1) is 17.5 Å². The van der Waals surface area contributed by atoms with E-state index >= 15 is 0 Å². The first-order chi connectivity index (χ1) is 11.0. The van der Waals surface area contributed by atoms with Crippen LogP contribution in [0.5, 0.6) is 5.75 Å². The number of alkyl carbamates (subject to hydrolysis) is 1. The lowest BCUT2D eigenvalue weighted by atomic mass is 10.1. The molecule has 0 aromatic heterocycles. The van der Waals surface area contributed by atoms with E-state index in [1.807, 2.05) is 0 Å². The van der Waals surface area contributed by atoms with Crippen molar-refractivity contribution in [3.05, 3.63) is 33.4 Å². The molecule has 1 aromatic carbocycles. The molecule has 0 aliphatic rings. The highest BCUT2D eigenvalue weighted by molar-refractivity contribution is 5.91. The van der Waals surface area contributed by atoms with E-state index in [2.05, 4.69) is 5.32 Å². The van der Waals surface area contributed by atoms with Crippen molar-refractivity contribution in [1.82, 2.24) is 5.32 Å². The quantitative estimate of drug-likeness (QED) is 0.462. The predicted molar refractivity (Wildman–Crippen MR) is 84.5 cm³/mol. The molecule has 24 heavy (non-hydrogen) atoms. The van der Waals surface area contributed by atoms with Crippen LogP contribution in [-0.2, 0) is 4.74 Å². The first kappa shape index (κ1) is 19.2. The summed E-state index contributed by atoms with van der Waals surface area (Å²) in [7, 11) is 0. The summed E-state index contributed by atoms with van der Waals surface area (Å²) in [6, 6.07) is 2.24. The highest BCUT2D eigenvalue weighted by Gasteiger charge is 2.20. The van der Waals surface area contributed by atoms with Crippen molar-refractivity contribution >= 4 is 17.7 Å². The van der Waals surface area contributed by atoms with Gasteiger partial charge < -0.3 is 19.9 Å². The number of nitrogens with one attached hydrogen (secondary N) is 1. The summed E-state index contributed by atoms with van der Waals surface area (Å²) >= 11 is 0. The van der Waals surface area contributed by atoms with E-state index in [1.54, 1.807) is 20.8 Å². The second kappa shape index (κ2) is 7.62. The molecule has 0 unspecified atom stereocenters. The SMILES string of the molecule is Cc1cc(C(=O)O)c(OCCNC(=O)OC(C)(C)C)cc1[N+](=O)[O-]. The zero-order valence-corrected chi connectivity index (χ0v) is 13.9. The molecule has 0 saturated carbocycles. The summed E-state index contributed by atoms with van der Waals surface area (Å²) in [6.45, 7) is 6.57. The molecule has 0 aliphatic carbocycles. The first-order valence-corrected chi connectivity index (χ1v) is 7.13. The second-order valence-corrected chi connectivity index (χ2v) is 5.97. The second-order valence-electron chi connectivity index (χ2n) is 5.97. The van der Waals surface area contributed by atoms with Crippen LogP contribution in [0.4, 0.5) is 10.5 Å². The van der Waals surface area contributed by atoms with Crippen LogP contribution in [-0.4, -0.2) is 40.8 Å². The largest absolute Gasteiger partial charge is 0.491 e. The van der Waals surface area contributed by atoms with Crippen molar-refractivity contribution in [1.29, 1.82) is 0 Å². The third-order valence-electron chi connectivity index (χ3n) is 2.75. The third kappa shape index (κ3) is 5.75. The summed E-state index contributed by atoms with van der Waals surface area (Å²) in [5.41, 5.74) is -0.846. The summed E-state index contributed by atoms with van der Waals surface area (Å²) in [5, 5.41) is 22.5. The molecule has 0 radical (unpaired) electrons. The van der Waals surface area contributed by atoms with Crippen LogP contribution >= 0.6 is 0 Å². The first-order valence-electron chi connectivity index (χ1n) is 7.13. The Labute approximate surface area is 138 Å². The Morgan fingerprint density at radius 3 is 2.46 bits per heavy atom. The maximum atomic E-state index is 11.5. The van der Waals surface area contributed by atoms with Crippen LogP contribution in [0, 0.1) is 17.0 Å². The fourth-order valence-corrected chi connectivity index (χ4v) is 1.79. The number of amides is 1. The van der Waals surface area contributed by atoms with Gasteiger partial charge in [-0.1, -0.05) is 0 Å². The van der Waals surface area contributed by atoms with Gasteiger partial charge in [0.2, 0.25) is 0 Å². The fourth-order valence-electron chi connectivity index (χ4n) is 1.79. The number of rotatable bonds is 6. The number of carboxylic acids is 1. The number of aromatic carboxylic acids is 1. The molecule has 1 rings (SSSR count). The molecule has 9 heteroatoms. The monoisotopic (exact) mass is 340 g/mol. The molecule has 132 valence electrons. The van der Waals surface area contributed by atoms with Crippen molar-refractivity contribution in [2.45, 2.75) is 33.3 Å². The highest BCUT2D eigenvalue weighted by atomic mass is 16.6. The van der Waals surface area contributed by atoms with Crippen LogP contribution in [0.15, 0.2) is 12.1 Å². The Balaban J connectivity index is 2.73. The van der Waals surface area contributed by atoms with Crippen molar-refractivity contribution < 1.29 is 29.1 Å². The number of carbonyl (C=O) groups is 2. The van der Waals surface area contributed by atoms with E-state index in [0.29, 0.717) is 0 Å². The molecule has 0 spiro atoms. The zero-order chi connectivity index (χ0) is 18.5. The van der Waals surface area contributed by atoms with Gasteiger partial charge in [-0.2, -0.15) is 0 Å². The van der Waals surface area contributed by atoms with Crippen molar-refractivity contribution in [3.63, 3.8) is 0 Å². The molecule has 0 saturated heterocycles. The average Bonchev–Trinajstić information content (AvgIpc) is 2.41. The third-order valence-corrected chi connectivity index (χ3v) is 2.75. The van der Waals surface area contributed by atoms with Crippen molar-refractivity contribution in [2.24, 2.45) is 0 Å². The smallest absolute Gasteiger partial charge is 0.407 e. The Bertz CT molecular complexity index is 650. The van der Waals surface area contributed by atoms with Gasteiger partial charge in [0, 0.05) is 5.56 Å². The van der Waals surface area contributed by atoms with E-state index in [4.69, 9.17) is 14.6 Å². The summed E-state index contributed by atoms with van der Waals surface area (Å²) in [6.07, 6.45) is -0.639. The van der Waals surface area contributed by atoms with Gasteiger partial charge in [0.1, 0.15) is 23.5 Å². The number of benzene rings is 1.